The Balaban J connectivity index is 1.47. The fraction of sp³-hybridized carbons (Fsp3) is 0.0952. The van der Waals surface area contributed by atoms with Crippen molar-refractivity contribution in [2.45, 2.75) is 6.92 Å². The third kappa shape index (κ3) is 2.86. The topological polar surface area (TPSA) is 77.2 Å². The first-order valence-corrected chi connectivity index (χ1v) is 9.47. The number of carbonyl (C=O) groups excluding carboxylic acids is 1. The Morgan fingerprint density at radius 1 is 1.04 bits per heavy atom. The summed E-state index contributed by atoms with van der Waals surface area (Å²) in [6.07, 6.45) is 0. The highest BCUT2D eigenvalue weighted by molar-refractivity contribution is 7.22. The van der Waals surface area contributed by atoms with E-state index in [4.69, 9.17) is 9.15 Å². The first-order chi connectivity index (χ1) is 13.6. The van der Waals surface area contributed by atoms with Crippen LogP contribution in [0, 0.1) is 6.92 Å². The van der Waals surface area contributed by atoms with E-state index in [1.165, 1.54) is 11.3 Å². The molecule has 0 aliphatic carbocycles. The number of methoxy groups -OCH3 is 1. The molecule has 0 saturated heterocycles. The van der Waals surface area contributed by atoms with Crippen molar-refractivity contribution in [3.63, 3.8) is 0 Å². The Kier molecular flexibility index (Phi) is 3.77. The van der Waals surface area contributed by atoms with Gasteiger partial charge in [0.25, 0.3) is 5.91 Å². The van der Waals surface area contributed by atoms with Gasteiger partial charge in [0.1, 0.15) is 5.75 Å². The minimum atomic E-state index is -0.357. The van der Waals surface area contributed by atoms with Crippen molar-refractivity contribution >= 4 is 54.6 Å². The summed E-state index contributed by atoms with van der Waals surface area (Å²) >= 11 is 1.38. The van der Waals surface area contributed by atoms with Crippen molar-refractivity contribution in [1.82, 2.24) is 9.97 Å². The van der Waals surface area contributed by atoms with Gasteiger partial charge in [0, 0.05) is 10.8 Å². The average molecular weight is 389 g/mol. The summed E-state index contributed by atoms with van der Waals surface area (Å²) in [5.74, 6) is 0.593. The highest BCUT2D eigenvalue weighted by Crippen LogP contribution is 2.30. The number of nitrogens with one attached hydrogen (secondary N) is 1. The van der Waals surface area contributed by atoms with Crippen molar-refractivity contribution in [2.24, 2.45) is 0 Å². The van der Waals surface area contributed by atoms with Gasteiger partial charge in [-0.25, -0.2) is 9.97 Å². The molecular weight excluding hydrogens is 374 g/mol. The lowest BCUT2D eigenvalue weighted by atomic mass is 10.1. The summed E-state index contributed by atoms with van der Waals surface area (Å²) in [4.78, 5) is 21.6. The largest absolute Gasteiger partial charge is 0.497 e. The van der Waals surface area contributed by atoms with Crippen LogP contribution in [0.15, 0.2) is 52.9 Å². The number of ether oxygens (including phenoxy) is 1. The van der Waals surface area contributed by atoms with Crippen LogP contribution in [0.1, 0.15) is 16.1 Å². The van der Waals surface area contributed by atoms with Crippen LogP contribution in [0.5, 0.6) is 5.75 Å². The summed E-state index contributed by atoms with van der Waals surface area (Å²) in [7, 11) is 1.62. The van der Waals surface area contributed by atoms with Crippen molar-refractivity contribution in [1.29, 1.82) is 0 Å². The molecule has 0 aliphatic heterocycles. The molecule has 138 valence electrons. The maximum Gasteiger partial charge on any atom is 0.293 e. The molecule has 3 heterocycles. The number of amides is 1. The van der Waals surface area contributed by atoms with Crippen LogP contribution in [0.25, 0.3) is 32.2 Å². The minimum Gasteiger partial charge on any atom is -0.497 e. The number of furan rings is 1. The van der Waals surface area contributed by atoms with Crippen molar-refractivity contribution in [3.8, 4) is 5.75 Å². The maximum absolute atomic E-state index is 12.6. The molecule has 0 atom stereocenters. The molecule has 0 fully saturated rings. The van der Waals surface area contributed by atoms with Crippen LogP contribution in [0.3, 0.4) is 0 Å². The molecule has 5 aromatic rings. The monoisotopic (exact) mass is 389 g/mol. The Morgan fingerprint density at radius 2 is 1.93 bits per heavy atom. The minimum absolute atomic E-state index is 0.200. The number of hydrogen-bond acceptors (Lipinski definition) is 6. The maximum atomic E-state index is 12.6. The smallest absolute Gasteiger partial charge is 0.293 e. The molecule has 5 rings (SSSR count). The van der Waals surface area contributed by atoms with Gasteiger partial charge in [0.2, 0.25) is 5.71 Å². The first-order valence-electron chi connectivity index (χ1n) is 8.66. The summed E-state index contributed by atoms with van der Waals surface area (Å²) in [5.41, 5.74) is 3.21. The number of carbonyl (C=O) groups is 1. The Hall–Kier alpha value is -3.45. The Morgan fingerprint density at radius 3 is 2.79 bits per heavy atom. The van der Waals surface area contributed by atoms with E-state index in [-0.39, 0.29) is 11.7 Å². The van der Waals surface area contributed by atoms with E-state index in [9.17, 15) is 4.79 Å². The second-order valence-corrected chi connectivity index (χ2v) is 7.53. The fourth-order valence-electron chi connectivity index (χ4n) is 3.09. The van der Waals surface area contributed by atoms with Gasteiger partial charge in [0.05, 0.1) is 22.8 Å². The van der Waals surface area contributed by atoms with Crippen molar-refractivity contribution in [3.05, 3.63) is 59.9 Å². The molecule has 28 heavy (non-hydrogen) atoms. The molecule has 7 heteroatoms. The summed E-state index contributed by atoms with van der Waals surface area (Å²) in [6.45, 7) is 2.01. The van der Waals surface area contributed by atoms with E-state index in [1.807, 2.05) is 49.4 Å². The van der Waals surface area contributed by atoms with Crippen LogP contribution in [0.2, 0.25) is 0 Å². The highest BCUT2D eigenvalue weighted by Gasteiger charge is 2.16. The quantitative estimate of drug-likeness (QED) is 0.461. The second-order valence-electron chi connectivity index (χ2n) is 6.50. The number of thiazole rings is 1. The Labute approximate surface area is 163 Å². The molecule has 0 unspecified atom stereocenters. The fourth-order valence-corrected chi connectivity index (χ4v) is 3.98. The third-order valence-electron chi connectivity index (χ3n) is 4.50. The van der Waals surface area contributed by atoms with Gasteiger partial charge < -0.3 is 9.15 Å². The number of fused-ring (bicyclic) bond motifs is 3. The number of aryl methyl sites for hydroxylation is 1. The number of benzene rings is 2. The number of pyridine rings is 1. The predicted molar refractivity (Wildman–Crippen MR) is 110 cm³/mol. The number of hydrogen-bond donors (Lipinski definition) is 1. The van der Waals surface area contributed by atoms with Gasteiger partial charge in [-0.1, -0.05) is 23.5 Å². The van der Waals surface area contributed by atoms with Gasteiger partial charge in [-0.2, -0.15) is 0 Å². The zero-order valence-electron chi connectivity index (χ0n) is 15.1. The van der Waals surface area contributed by atoms with Crippen LogP contribution in [-0.4, -0.2) is 23.0 Å². The summed E-state index contributed by atoms with van der Waals surface area (Å²) in [6, 6.07) is 15.3. The van der Waals surface area contributed by atoms with E-state index in [1.54, 1.807) is 13.2 Å². The molecule has 3 aromatic heterocycles. The number of anilines is 1. The van der Waals surface area contributed by atoms with Crippen LogP contribution in [0.4, 0.5) is 5.13 Å². The standard InChI is InChI=1S/C21H15N3O3S/c1-11-3-4-12-8-13-9-17(27-20(13)22-16(12)7-11)19(25)24-21-23-15-6-5-14(26-2)10-18(15)28-21/h3-10H,1-2H3,(H,23,24,25). The lowest BCUT2D eigenvalue weighted by Crippen LogP contribution is -2.10. The molecule has 2 aromatic carbocycles. The van der Waals surface area contributed by atoms with Crippen LogP contribution in [-0.2, 0) is 0 Å². The third-order valence-corrected chi connectivity index (χ3v) is 5.43. The molecule has 0 spiro atoms. The van der Waals surface area contributed by atoms with E-state index in [0.717, 1.165) is 37.8 Å². The van der Waals surface area contributed by atoms with Gasteiger partial charge in [-0.05, 0) is 48.9 Å². The molecule has 0 aliphatic rings. The second kappa shape index (κ2) is 6.31. The summed E-state index contributed by atoms with van der Waals surface area (Å²) in [5, 5.41) is 5.10. The zero-order valence-corrected chi connectivity index (χ0v) is 16.0. The normalized spacial score (nSPS) is 11.4. The van der Waals surface area contributed by atoms with E-state index in [2.05, 4.69) is 15.3 Å². The van der Waals surface area contributed by atoms with E-state index in [0.29, 0.717) is 10.8 Å². The van der Waals surface area contributed by atoms with Gasteiger partial charge in [0.15, 0.2) is 10.9 Å². The van der Waals surface area contributed by atoms with Crippen molar-refractivity contribution in [2.75, 3.05) is 12.4 Å². The molecule has 0 bridgehead atoms. The van der Waals surface area contributed by atoms with Crippen molar-refractivity contribution < 1.29 is 13.9 Å². The highest BCUT2D eigenvalue weighted by atomic mass is 32.1. The number of nitrogens with zero attached hydrogens (tertiary/aromatic N) is 2. The van der Waals surface area contributed by atoms with Gasteiger partial charge in [-0.3, -0.25) is 10.1 Å². The Bertz CT molecular complexity index is 1370. The summed E-state index contributed by atoms with van der Waals surface area (Å²) < 4.78 is 11.9. The average Bonchev–Trinajstić information content (AvgIpc) is 3.28. The molecule has 1 amide bonds. The number of rotatable bonds is 3. The van der Waals surface area contributed by atoms with Crippen LogP contribution < -0.4 is 10.1 Å². The first kappa shape index (κ1) is 16.7. The molecule has 1 N–H and O–H groups in total. The number of aromatic nitrogens is 2. The lowest BCUT2D eigenvalue weighted by Gasteiger charge is -1.98. The SMILES string of the molecule is COc1ccc2nc(NC(=O)c3cc4cc5ccc(C)cc5nc4o3)sc2c1. The predicted octanol–water partition coefficient (Wildman–Crippen LogP) is 5.16. The molecule has 6 nitrogen and oxygen atoms in total. The lowest BCUT2D eigenvalue weighted by molar-refractivity contribution is 0.0998. The van der Waals surface area contributed by atoms with Gasteiger partial charge in [-0.15, -0.1) is 0 Å². The molecular formula is C21H15N3O3S. The van der Waals surface area contributed by atoms with Crippen LogP contribution >= 0.6 is 11.3 Å². The molecule has 0 radical (unpaired) electrons. The van der Waals surface area contributed by atoms with Gasteiger partial charge >= 0.3 is 0 Å². The van der Waals surface area contributed by atoms with E-state index < -0.39 is 0 Å². The molecule has 0 saturated carbocycles. The van der Waals surface area contributed by atoms with E-state index >= 15 is 0 Å². The zero-order chi connectivity index (χ0) is 19.3.